The van der Waals surface area contributed by atoms with Crippen molar-refractivity contribution in [1.82, 2.24) is 4.90 Å². The maximum atomic E-state index is 6.23. The molecule has 2 heterocycles. The summed E-state index contributed by atoms with van der Waals surface area (Å²) >= 11 is 6.14. The van der Waals surface area contributed by atoms with Gasteiger partial charge in [0.1, 0.15) is 5.76 Å². The molecule has 0 radical (unpaired) electrons. The average molecular weight is 265 g/mol. The predicted molar refractivity (Wildman–Crippen MR) is 74.1 cm³/mol. The molecule has 1 fully saturated rings. The number of likely N-dealkylation sites (tertiary alicyclic amines) is 1. The molecule has 2 unspecified atom stereocenters. The van der Waals surface area contributed by atoms with Crippen molar-refractivity contribution in [3.63, 3.8) is 0 Å². The Labute approximate surface area is 111 Å². The van der Waals surface area contributed by atoms with Gasteiger partial charge in [0.2, 0.25) is 0 Å². The van der Waals surface area contributed by atoms with Crippen LogP contribution >= 0.6 is 11.6 Å². The number of fused-ring (bicyclic) bond motifs is 1. The number of benzene rings is 1. The smallest absolute Gasteiger partial charge is 0.152 e. The van der Waals surface area contributed by atoms with E-state index in [1.807, 2.05) is 18.2 Å². The van der Waals surface area contributed by atoms with E-state index in [2.05, 4.69) is 18.0 Å². The molecule has 0 bridgehead atoms. The van der Waals surface area contributed by atoms with Crippen LogP contribution in [0.3, 0.4) is 0 Å². The summed E-state index contributed by atoms with van der Waals surface area (Å²) in [7, 11) is 2.10. The van der Waals surface area contributed by atoms with Gasteiger partial charge in [0, 0.05) is 23.9 Å². The van der Waals surface area contributed by atoms with Gasteiger partial charge in [-0.2, -0.15) is 0 Å². The first-order valence-corrected chi connectivity index (χ1v) is 6.65. The van der Waals surface area contributed by atoms with Crippen LogP contribution in [0.1, 0.15) is 18.1 Å². The van der Waals surface area contributed by atoms with Gasteiger partial charge < -0.3 is 15.1 Å². The van der Waals surface area contributed by atoms with Gasteiger partial charge in [-0.05, 0) is 32.1 Å². The van der Waals surface area contributed by atoms with Gasteiger partial charge in [0.05, 0.1) is 5.02 Å². The van der Waals surface area contributed by atoms with Crippen molar-refractivity contribution < 1.29 is 4.42 Å². The van der Waals surface area contributed by atoms with E-state index >= 15 is 0 Å². The summed E-state index contributed by atoms with van der Waals surface area (Å²) in [5.41, 5.74) is 7.00. The zero-order valence-corrected chi connectivity index (χ0v) is 11.2. The fourth-order valence-electron chi connectivity index (χ4n) is 2.74. The minimum atomic E-state index is 0.128. The van der Waals surface area contributed by atoms with Crippen LogP contribution in [0.15, 0.2) is 28.7 Å². The Kier molecular flexibility index (Phi) is 3.06. The summed E-state index contributed by atoms with van der Waals surface area (Å²) in [6.07, 6.45) is 1.04. The van der Waals surface area contributed by atoms with E-state index in [1.165, 1.54) is 0 Å². The molecule has 2 atom stereocenters. The monoisotopic (exact) mass is 264 g/mol. The lowest BCUT2D eigenvalue weighted by molar-refractivity contribution is 0.216. The Morgan fingerprint density at radius 2 is 2.28 bits per heavy atom. The minimum absolute atomic E-state index is 0.128. The van der Waals surface area contributed by atoms with Crippen LogP contribution in [0.2, 0.25) is 5.02 Å². The van der Waals surface area contributed by atoms with Crippen molar-refractivity contribution in [3.05, 3.63) is 35.0 Å². The van der Waals surface area contributed by atoms with Gasteiger partial charge in [0.25, 0.3) is 0 Å². The van der Waals surface area contributed by atoms with Crippen molar-refractivity contribution in [3.8, 4) is 0 Å². The Morgan fingerprint density at radius 1 is 1.44 bits per heavy atom. The Morgan fingerprint density at radius 3 is 3.00 bits per heavy atom. The van der Waals surface area contributed by atoms with E-state index in [1.54, 1.807) is 0 Å². The molecule has 3 rings (SSSR count). The first-order valence-electron chi connectivity index (χ1n) is 6.27. The van der Waals surface area contributed by atoms with E-state index in [9.17, 15) is 0 Å². The lowest BCUT2D eigenvalue weighted by atomic mass is 9.90. The fraction of sp³-hybridized carbons (Fsp3) is 0.429. The molecule has 1 aliphatic rings. The Hall–Kier alpha value is -1.03. The summed E-state index contributed by atoms with van der Waals surface area (Å²) in [6.45, 7) is 1.97. The molecule has 18 heavy (non-hydrogen) atoms. The predicted octanol–water partition coefficient (Wildman–Crippen LogP) is 2.83. The number of nitrogens with two attached hydrogens (primary N) is 1. The molecule has 1 aliphatic heterocycles. The number of furan rings is 1. The lowest BCUT2D eigenvalue weighted by Crippen LogP contribution is -2.45. The number of halogens is 1. The molecule has 0 aliphatic carbocycles. The van der Waals surface area contributed by atoms with Crippen LogP contribution in [-0.2, 0) is 0 Å². The van der Waals surface area contributed by atoms with Crippen molar-refractivity contribution >= 4 is 22.6 Å². The normalized spacial score (nSPS) is 25.7. The molecule has 1 aromatic heterocycles. The quantitative estimate of drug-likeness (QED) is 0.861. The number of para-hydroxylation sites is 1. The topological polar surface area (TPSA) is 42.4 Å². The maximum absolute atomic E-state index is 6.23. The number of hydrogen-bond acceptors (Lipinski definition) is 3. The van der Waals surface area contributed by atoms with Gasteiger partial charge in [0.15, 0.2) is 5.58 Å². The molecule has 0 amide bonds. The number of nitrogens with zero attached hydrogens (tertiary/aromatic N) is 1. The Balaban J connectivity index is 1.97. The van der Waals surface area contributed by atoms with Crippen LogP contribution in [0.4, 0.5) is 0 Å². The molecular formula is C14H17ClN2O. The summed E-state index contributed by atoms with van der Waals surface area (Å²) in [5, 5.41) is 1.73. The van der Waals surface area contributed by atoms with E-state index in [-0.39, 0.29) is 6.04 Å². The van der Waals surface area contributed by atoms with E-state index in [0.29, 0.717) is 10.9 Å². The standard InChI is InChI=1S/C14H17ClN2O/c1-17-6-5-10(12(16)8-17)13-7-9-3-2-4-11(15)14(9)18-13/h2-4,7,10,12H,5-6,8,16H2,1H3. The Bertz CT molecular complexity index is 566. The van der Waals surface area contributed by atoms with Gasteiger partial charge in [-0.15, -0.1) is 0 Å². The van der Waals surface area contributed by atoms with Crippen molar-refractivity contribution in [1.29, 1.82) is 0 Å². The van der Waals surface area contributed by atoms with Crippen molar-refractivity contribution in [2.45, 2.75) is 18.4 Å². The zero-order valence-electron chi connectivity index (χ0n) is 10.4. The number of piperidine rings is 1. The van der Waals surface area contributed by atoms with Gasteiger partial charge >= 0.3 is 0 Å². The molecule has 0 spiro atoms. The third-order valence-corrected chi connectivity index (χ3v) is 4.04. The molecule has 96 valence electrons. The first-order chi connectivity index (χ1) is 8.65. The van der Waals surface area contributed by atoms with E-state index in [0.717, 1.165) is 36.2 Å². The van der Waals surface area contributed by atoms with Crippen molar-refractivity contribution in [2.75, 3.05) is 20.1 Å². The molecule has 1 saturated heterocycles. The van der Waals surface area contributed by atoms with Gasteiger partial charge in [-0.25, -0.2) is 0 Å². The zero-order chi connectivity index (χ0) is 12.7. The van der Waals surface area contributed by atoms with Crippen LogP contribution in [0.25, 0.3) is 11.0 Å². The summed E-state index contributed by atoms with van der Waals surface area (Å²) < 4.78 is 5.91. The molecular weight excluding hydrogens is 248 g/mol. The van der Waals surface area contributed by atoms with Crippen LogP contribution in [-0.4, -0.2) is 31.1 Å². The maximum Gasteiger partial charge on any atom is 0.152 e. The second-order valence-corrected chi connectivity index (χ2v) is 5.54. The summed E-state index contributed by atoms with van der Waals surface area (Å²) in [4.78, 5) is 2.26. The number of likely N-dealkylation sites (N-methyl/N-ethyl adjacent to an activating group) is 1. The lowest BCUT2D eigenvalue weighted by Gasteiger charge is -2.33. The number of rotatable bonds is 1. The average Bonchev–Trinajstić information content (AvgIpc) is 2.74. The largest absolute Gasteiger partial charge is 0.459 e. The highest BCUT2D eigenvalue weighted by Gasteiger charge is 2.28. The second-order valence-electron chi connectivity index (χ2n) is 5.13. The molecule has 3 nitrogen and oxygen atoms in total. The summed E-state index contributed by atoms with van der Waals surface area (Å²) in [5.74, 6) is 1.27. The second kappa shape index (κ2) is 4.57. The highest BCUT2D eigenvalue weighted by Crippen LogP contribution is 2.34. The van der Waals surface area contributed by atoms with Crippen LogP contribution < -0.4 is 5.73 Å². The minimum Gasteiger partial charge on any atom is -0.459 e. The summed E-state index contributed by atoms with van der Waals surface area (Å²) in [6, 6.07) is 8.03. The van der Waals surface area contributed by atoms with E-state index in [4.69, 9.17) is 21.8 Å². The molecule has 2 aromatic rings. The third-order valence-electron chi connectivity index (χ3n) is 3.74. The number of hydrogen-bond donors (Lipinski definition) is 1. The fourth-order valence-corrected chi connectivity index (χ4v) is 2.96. The van der Waals surface area contributed by atoms with E-state index < -0.39 is 0 Å². The molecule has 1 aromatic carbocycles. The molecule has 0 saturated carbocycles. The van der Waals surface area contributed by atoms with Crippen molar-refractivity contribution in [2.24, 2.45) is 5.73 Å². The molecule has 2 N–H and O–H groups in total. The van der Waals surface area contributed by atoms with Crippen LogP contribution in [0.5, 0.6) is 0 Å². The van der Waals surface area contributed by atoms with Gasteiger partial charge in [-0.1, -0.05) is 23.7 Å². The SMILES string of the molecule is CN1CCC(c2cc3cccc(Cl)c3o2)C(N)C1. The third kappa shape index (κ3) is 2.03. The van der Waals surface area contributed by atoms with Gasteiger partial charge in [-0.3, -0.25) is 0 Å². The first kappa shape index (κ1) is 12.0. The highest BCUT2D eigenvalue weighted by molar-refractivity contribution is 6.34. The highest BCUT2D eigenvalue weighted by atomic mass is 35.5. The van der Waals surface area contributed by atoms with Crippen LogP contribution in [0, 0.1) is 0 Å². The molecule has 4 heteroatoms.